The molecule has 0 spiro atoms. The third-order valence-corrected chi connectivity index (χ3v) is 3.04. The number of nitrogens with zero attached hydrogens (tertiary/aromatic N) is 1. The zero-order valence-electron chi connectivity index (χ0n) is 7.35. The van der Waals surface area contributed by atoms with Gasteiger partial charge < -0.3 is 0 Å². The molecule has 1 aromatic heterocycles. The standard InChI is InChI=1S/C10H5Cl4N/c11-5-3-7-8(12)2-1-6(10(13)14)9(7)15-4-5/h1-4,10H. The van der Waals surface area contributed by atoms with Crippen LogP contribution < -0.4 is 0 Å². The Bertz CT molecular complexity index is 510. The maximum Gasteiger partial charge on any atom is 0.134 e. The molecule has 0 aliphatic heterocycles. The molecular formula is C10H5Cl4N. The molecule has 0 aliphatic rings. The minimum Gasteiger partial charge on any atom is -0.254 e. The second kappa shape index (κ2) is 4.34. The van der Waals surface area contributed by atoms with Crippen LogP contribution in [-0.4, -0.2) is 4.98 Å². The highest BCUT2D eigenvalue weighted by Crippen LogP contribution is 2.34. The summed E-state index contributed by atoms with van der Waals surface area (Å²) in [6, 6.07) is 5.23. The normalized spacial score (nSPS) is 11.3. The molecule has 0 saturated carbocycles. The minimum absolute atomic E-state index is 0.530. The third-order valence-electron chi connectivity index (χ3n) is 2.03. The molecule has 0 aliphatic carbocycles. The third kappa shape index (κ3) is 2.16. The Morgan fingerprint density at radius 1 is 1.13 bits per heavy atom. The van der Waals surface area contributed by atoms with Crippen molar-refractivity contribution in [1.29, 1.82) is 0 Å². The molecule has 0 bridgehead atoms. The molecule has 0 N–H and O–H groups in total. The molecule has 0 amide bonds. The molecule has 78 valence electrons. The molecule has 1 heterocycles. The highest BCUT2D eigenvalue weighted by atomic mass is 35.5. The van der Waals surface area contributed by atoms with Crippen LogP contribution >= 0.6 is 46.4 Å². The zero-order valence-corrected chi connectivity index (χ0v) is 10.4. The number of rotatable bonds is 1. The summed E-state index contributed by atoms with van der Waals surface area (Å²) in [5.41, 5.74) is 1.41. The number of halogens is 4. The first kappa shape index (κ1) is 11.3. The van der Waals surface area contributed by atoms with Crippen LogP contribution in [0.1, 0.15) is 10.4 Å². The molecule has 2 aromatic rings. The van der Waals surface area contributed by atoms with Crippen LogP contribution in [0.2, 0.25) is 10.0 Å². The fraction of sp³-hybridized carbons (Fsp3) is 0.100. The van der Waals surface area contributed by atoms with Gasteiger partial charge >= 0.3 is 0 Å². The van der Waals surface area contributed by atoms with Crippen molar-refractivity contribution in [3.8, 4) is 0 Å². The van der Waals surface area contributed by atoms with Gasteiger partial charge in [-0.1, -0.05) is 52.5 Å². The number of pyridine rings is 1. The van der Waals surface area contributed by atoms with Gasteiger partial charge in [0.1, 0.15) is 4.84 Å². The Labute approximate surface area is 107 Å². The molecule has 1 aromatic carbocycles. The van der Waals surface area contributed by atoms with E-state index in [4.69, 9.17) is 46.4 Å². The average Bonchev–Trinajstić information content (AvgIpc) is 2.19. The molecule has 1 nitrogen and oxygen atoms in total. The van der Waals surface area contributed by atoms with Crippen molar-refractivity contribution >= 4 is 57.3 Å². The lowest BCUT2D eigenvalue weighted by Gasteiger charge is -2.07. The van der Waals surface area contributed by atoms with E-state index in [2.05, 4.69) is 4.98 Å². The van der Waals surface area contributed by atoms with E-state index in [1.807, 2.05) is 0 Å². The van der Waals surface area contributed by atoms with Gasteiger partial charge in [0.05, 0.1) is 15.6 Å². The predicted molar refractivity (Wildman–Crippen MR) is 66.2 cm³/mol. The van der Waals surface area contributed by atoms with Gasteiger partial charge in [0.15, 0.2) is 0 Å². The summed E-state index contributed by atoms with van der Waals surface area (Å²) >= 11 is 23.5. The molecule has 0 atom stereocenters. The first-order chi connectivity index (χ1) is 7.09. The molecular weight excluding hydrogens is 276 g/mol. The van der Waals surface area contributed by atoms with Gasteiger partial charge in [0, 0.05) is 17.1 Å². The number of fused-ring (bicyclic) bond motifs is 1. The summed E-state index contributed by atoms with van der Waals surface area (Å²) < 4.78 is 0. The van der Waals surface area contributed by atoms with Crippen molar-refractivity contribution in [3.63, 3.8) is 0 Å². The number of alkyl halides is 2. The topological polar surface area (TPSA) is 12.9 Å². The Hall–Kier alpha value is -0.210. The monoisotopic (exact) mass is 279 g/mol. The van der Waals surface area contributed by atoms with Gasteiger partial charge in [0.2, 0.25) is 0 Å². The lowest BCUT2D eigenvalue weighted by molar-refractivity contribution is 1.31. The second-order valence-electron chi connectivity index (χ2n) is 2.99. The number of hydrogen-bond donors (Lipinski definition) is 0. The Morgan fingerprint density at radius 3 is 2.53 bits per heavy atom. The quantitative estimate of drug-likeness (QED) is 0.669. The maximum atomic E-state index is 6.02. The number of benzene rings is 1. The summed E-state index contributed by atoms with van der Waals surface area (Å²) in [5.74, 6) is 0. The lowest BCUT2D eigenvalue weighted by Crippen LogP contribution is -1.89. The van der Waals surface area contributed by atoms with E-state index in [9.17, 15) is 0 Å². The molecule has 0 fully saturated rings. The Kier molecular flexibility index (Phi) is 3.27. The van der Waals surface area contributed by atoms with E-state index >= 15 is 0 Å². The minimum atomic E-state index is -0.626. The molecule has 5 heteroatoms. The van der Waals surface area contributed by atoms with Crippen LogP contribution in [0.25, 0.3) is 10.9 Å². The summed E-state index contributed by atoms with van der Waals surface area (Å²) in [6.07, 6.45) is 1.54. The highest BCUT2D eigenvalue weighted by Gasteiger charge is 2.11. The number of hydrogen-bond acceptors (Lipinski definition) is 1. The van der Waals surface area contributed by atoms with Crippen molar-refractivity contribution in [2.45, 2.75) is 4.84 Å². The molecule has 2 rings (SSSR count). The van der Waals surface area contributed by atoms with Crippen LogP contribution in [0.5, 0.6) is 0 Å². The molecule has 0 saturated heterocycles. The molecule has 0 unspecified atom stereocenters. The Balaban J connectivity index is 2.82. The lowest BCUT2D eigenvalue weighted by atomic mass is 10.1. The summed E-state index contributed by atoms with van der Waals surface area (Å²) in [6.45, 7) is 0. The predicted octanol–water partition coefficient (Wildman–Crippen LogP) is 5.02. The van der Waals surface area contributed by atoms with Crippen LogP contribution in [-0.2, 0) is 0 Å². The van der Waals surface area contributed by atoms with Gasteiger partial charge in [-0.2, -0.15) is 0 Å². The van der Waals surface area contributed by atoms with Crippen molar-refractivity contribution < 1.29 is 0 Å². The van der Waals surface area contributed by atoms with Crippen LogP contribution in [0.3, 0.4) is 0 Å². The van der Waals surface area contributed by atoms with Crippen LogP contribution in [0.4, 0.5) is 0 Å². The highest BCUT2D eigenvalue weighted by molar-refractivity contribution is 6.45. The van der Waals surface area contributed by atoms with Gasteiger partial charge in [-0.05, 0) is 12.1 Å². The average molecular weight is 281 g/mol. The zero-order chi connectivity index (χ0) is 11.0. The van der Waals surface area contributed by atoms with Crippen molar-refractivity contribution in [1.82, 2.24) is 4.98 Å². The van der Waals surface area contributed by atoms with Crippen molar-refractivity contribution in [2.24, 2.45) is 0 Å². The van der Waals surface area contributed by atoms with Gasteiger partial charge in [-0.15, -0.1) is 0 Å². The van der Waals surface area contributed by atoms with E-state index in [-0.39, 0.29) is 0 Å². The van der Waals surface area contributed by atoms with E-state index in [0.717, 1.165) is 10.9 Å². The van der Waals surface area contributed by atoms with Crippen LogP contribution in [0.15, 0.2) is 24.4 Å². The first-order valence-electron chi connectivity index (χ1n) is 4.11. The number of aromatic nitrogens is 1. The Morgan fingerprint density at radius 2 is 1.87 bits per heavy atom. The van der Waals surface area contributed by atoms with E-state index in [0.29, 0.717) is 15.6 Å². The van der Waals surface area contributed by atoms with Crippen molar-refractivity contribution in [2.75, 3.05) is 0 Å². The fourth-order valence-electron chi connectivity index (χ4n) is 1.36. The van der Waals surface area contributed by atoms with Gasteiger partial charge in [-0.25, -0.2) is 0 Å². The van der Waals surface area contributed by atoms with Crippen molar-refractivity contribution in [3.05, 3.63) is 40.0 Å². The largest absolute Gasteiger partial charge is 0.254 e. The summed E-state index contributed by atoms with van der Waals surface area (Å²) in [5, 5.41) is 1.87. The van der Waals surface area contributed by atoms with E-state index in [1.165, 1.54) is 0 Å². The van der Waals surface area contributed by atoms with Gasteiger partial charge in [0.25, 0.3) is 0 Å². The maximum absolute atomic E-state index is 6.02. The van der Waals surface area contributed by atoms with E-state index in [1.54, 1.807) is 24.4 Å². The van der Waals surface area contributed by atoms with E-state index < -0.39 is 4.84 Å². The van der Waals surface area contributed by atoms with Crippen LogP contribution in [0, 0.1) is 0 Å². The van der Waals surface area contributed by atoms with Gasteiger partial charge in [-0.3, -0.25) is 4.98 Å². The summed E-state index contributed by atoms with van der Waals surface area (Å²) in [7, 11) is 0. The molecule has 15 heavy (non-hydrogen) atoms. The summed E-state index contributed by atoms with van der Waals surface area (Å²) in [4.78, 5) is 3.55. The molecule has 0 radical (unpaired) electrons. The fourth-order valence-corrected chi connectivity index (χ4v) is 2.08. The SMILES string of the molecule is Clc1cnc2c(C(Cl)Cl)ccc(Cl)c2c1. The second-order valence-corrected chi connectivity index (χ2v) is 4.93. The first-order valence-corrected chi connectivity index (χ1v) is 5.74. The smallest absolute Gasteiger partial charge is 0.134 e.